The summed E-state index contributed by atoms with van der Waals surface area (Å²) >= 11 is 0. The van der Waals surface area contributed by atoms with Gasteiger partial charge in [0.15, 0.2) is 0 Å². The van der Waals surface area contributed by atoms with Crippen LogP contribution in [0.5, 0.6) is 0 Å². The SMILES string of the molecule is Cc1ncccc1NC(=O)N1CCCCC1. The summed E-state index contributed by atoms with van der Waals surface area (Å²) < 4.78 is 0. The molecule has 2 amide bonds. The van der Waals surface area contributed by atoms with E-state index in [2.05, 4.69) is 10.3 Å². The predicted molar refractivity (Wildman–Crippen MR) is 63.4 cm³/mol. The number of hydrogen-bond acceptors (Lipinski definition) is 2. The number of rotatable bonds is 1. The highest BCUT2D eigenvalue weighted by Crippen LogP contribution is 2.14. The molecule has 1 aromatic heterocycles. The highest BCUT2D eigenvalue weighted by atomic mass is 16.2. The molecule has 0 atom stereocenters. The Hall–Kier alpha value is -1.58. The summed E-state index contributed by atoms with van der Waals surface area (Å²) in [5, 5.41) is 2.90. The number of carbonyl (C=O) groups excluding carboxylic acids is 1. The second-order valence-electron chi connectivity index (χ2n) is 4.11. The van der Waals surface area contributed by atoms with Gasteiger partial charge in [-0.05, 0) is 38.3 Å². The van der Waals surface area contributed by atoms with Crippen molar-refractivity contribution in [1.82, 2.24) is 9.88 Å². The van der Waals surface area contributed by atoms with Crippen molar-refractivity contribution < 1.29 is 4.79 Å². The van der Waals surface area contributed by atoms with Crippen LogP contribution in [0.4, 0.5) is 10.5 Å². The Morgan fingerprint density at radius 2 is 2.12 bits per heavy atom. The van der Waals surface area contributed by atoms with Gasteiger partial charge < -0.3 is 10.2 Å². The number of anilines is 1. The Morgan fingerprint density at radius 3 is 2.81 bits per heavy atom. The first kappa shape index (κ1) is 10.9. The van der Waals surface area contributed by atoms with Crippen LogP contribution in [-0.2, 0) is 0 Å². The van der Waals surface area contributed by atoms with Gasteiger partial charge in [0.25, 0.3) is 0 Å². The maximum atomic E-state index is 11.9. The van der Waals surface area contributed by atoms with Crippen molar-refractivity contribution in [2.45, 2.75) is 26.2 Å². The van der Waals surface area contributed by atoms with E-state index in [1.165, 1.54) is 6.42 Å². The molecule has 2 heterocycles. The molecule has 1 fully saturated rings. The zero-order valence-electron chi connectivity index (χ0n) is 9.57. The van der Waals surface area contributed by atoms with E-state index >= 15 is 0 Å². The third-order valence-electron chi connectivity index (χ3n) is 2.89. The van der Waals surface area contributed by atoms with Crippen molar-refractivity contribution in [3.8, 4) is 0 Å². The number of nitrogens with zero attached hydrogens (tertiary/aromatic N) is 2. The van der Waals surface area contributed by atoms with E-state index in [1.807, 2.05) is 24.0 Å². The zero-order chi connectivity index (χ0) is 11.4. The monoisotopic (exact) mass is 219 g/mol. The second kappa shape index (κ2) is 4.96. The first-order valence-corrected chi connectivity index (χ1v) is 5.75. The van der Waals surface area contributed by atoms with Gasteiger partial charge in [-0.25, -0.2) is 4.79 Å². The lowest BCUT2D eigenvalue weighted by Crippen LogP contribution is -2.38. The molecule has 1 saturated heterocycles. The number of amides is 2. The van der Waals surface area contributed by atoms with Crippen LogP contribution in [0.2, 0.25) is 0 Å². The van der Waals surface area contributed by atoms with Crippen molar-refractivity contribution in [1.29, 1.82) is 0 Å². The minimum atomic E-state index is -0.00389. The number of aromatic nitrogens is 1. The third-order valence-corrected chi connectivity index (χ3v) is 2.89. The van der Waals surface area contributed by atoms with Crippen LogP contribution < -0.4 is 5.32 Å². The van der Waals surface area contributed by atoms with Crippen LogP contribution in [0.15, 0.2) is 18.3 Å². The Morgan fingerprint density at radius 1 is 1.38 bits per heavy atom. The van der Waals surface area contributed by atoms with Crippen LogP contribution in [0.1, 0.15) is 25.0 Å². The minimum absolute atomic E-state index is 0.00389. The Balaban J connectivity index is 1.99. The molecule has 1 aliphatic heterocycles. The van der Waals surface area contributed by atoms with E-state index in [9.17, 15) is 4.79 Å². The maximum absolute atomic E-state index is 11.9. The van der Waals surface area contributed by atoms with Gasteiger partial charge in [-0.15, -0.1) is 0 Å². The molecule has 0 radical (unpaired) electrons. The number of likely N-dealkylation sites (tertiary alicyclic amines) is 1. The fourth-order valence-electron chi connectivity index (χ4n) is 1.91. The number of pyridine rings is 1. The number of piperidine rings is 1. The fraction of sp³-hybridized carbons (Fsp3) is 0.500. The number of nitrogens with one attached hydrogen (secondary N) is 1. The van der Waals surface area contributed by atoms with Gasteiger partial charge in [0.2, 0.25) is 0 Å². The molecule has 1 aliphatic rings. The highest BCUT2D eigenvalue weighted by molar-refractivity contribution is 5.89. The second-order valence-corrected chi connectivity index (χ2v) is 4.11. The lowest BCUT2D eigenvalue weighted by molar-refractivity contribution is 0.200. The summed E-state index contributed by atoms with van der Waals surface area (Å²) in [7, 11) is 0. The van der Waals surface area contributed by atoms with Crippen LogP contribution in [0.25, 0.3) is 0 Å². The van der Waals surface area contributed by atoms with Crippen molar-refractivity contribution in [2.75, 3.05) is 18.4 Å². The molecule has 1 aromatic rings. The molecule has 0 unspecified atom stereocenters. The molecule has 0 aromatic carbocycles. The van der Waals surface area contributed by atoms with E-state index in [0.29, 0.717) is 0 Å². The number of urea groups is 1. The van der Waals surface area contributed by atoms with Gasteiger partial charge in [-0.3, -0.25) is 4.98 Å². The minimum Gasteiger partial charge on any atom is -0.325 e. The average molecular weight is 219 g/mol. The van der Waals surface area contributed by atoms with Crippen LogP contribution in [-0.4, -0.2) is 29.0 Å². The van der Waals surface area contributed by atoms with Gasteiger partial charge in [0.1, 0.15) is 0 Å². The first-order chi connectivity index (χ1) is 7.77. The summed E-state index contributed by atoms with van der Waals surface area (Å²) in [4.78, 5) is 17.9. The molecule has 4 nitrogen and oxygen atoms in total. The van der Waals surface area contributed by atoms with Gasteiger partial charge in [-0.2, -0.15) is 0 Å². The van der Waals surface area contributed by atoms with E-state index in [4.69, 9.17) is 0 Å². The summed E-state index contributed by atoms with van der Waals surface area (Å²) in [6.45, 7) is 3.63. The van der Waals surface area contributed by atoms with E-state index < -0.39 is 0 Å². The van der Waals surface area contributed by atoms with E-state index in [0.717, 1.165) is 37.3 Å². The first-order valence-electron chi connectivity index (χ1n) is 5.75. The quantitative estimate of drug-likeness (QED) is 0.788. The molecular weight excluding hydrogens is 202 g/mol. The smallest absolute Gasteiger partial charge is 0.321 e. The maximum Gasteiger partial charge on any atom is 0.321 e. The molecule has 86 valence electrons. The highest BCUT2D eigenvalue weighted by Gasteiger charge is 2.16. The molecule has 0 bridgehead atoms. The van der Waals surface area contributed by atoms with Crippen LogP contribution >= 0.6 is 0 Å². The molecule has 4 heteroatoms. The Kier molecular flexibility index (Phi) is 3.39. The number of carbonyl (C=O) groups is 1. The zero-order valence-corrected chi connectivity index (χ0v) is 9.57. The van der Waals surface area contributed by atoms with Gasteiger partial charge in [0.05, 0.1) is 11.4 Å². The summed E-state index contributed by atoms with van der Waals surface area (Å²) in [6.07, 6.45) is 5.18. The largest absolute Gasteiger partial charge is 0.325 e. The number of aryl methyl sites for hydroxylation is 1. The average Bonchev–Trinajstić information content (AvgIpc) is 2.33. The normalized spacial score (nSPS) is 15.9. The van der Waals surface area contributed by atoms with Crippen molar-refractivity contribution >= 4 is 11.7 Å². The summed E-state index contributed by atoms with van der Waals surface area (Å²) in [5.74, 6) is 0. The Labute approximate surface area is 95.7 Å². The molecule has 0 spiro atoms. The molecular formula is C12H17N3O. The van der Waals surface area contributed by atoms with Crippen molar-refractivity contribution in [3.05, 3.63) is 24.0 Å². The molecule has 1 N–H and O–H groups in total. The van der Waals surface area contributed by atoms with Crippen LogP contribution in [0.3, 0.4) is 0 Å². The van der Waals surface area contributed by atoms with E-state index in [-0.39, 0.29) is 6.03 Å². The summed E-state index contributed by atoms with van der Waals surface area (Å²) in [6, 6.07) is 3.71. The Bertz CT molecular complexity index is 372. The standard InChI is InChI=1S/C12H17N3O/c1-10-11(6-5-7-13-10)14-12(16)15-8-3-2-4-9-15/h5-7H,2-4,8-9H2,1H3,(H,14,16). The molecule has 16 heavy (non-hydrogen) atoms. The topological polar surface area (TPSA) is 45.2 Å². The fourth-order valence-corrected chi connectivity index (χ4v) is 1.91. The van der Waals surface area contributed by atoms with Gasteiger partial charge in [-0.1, -0.05) is 0 Å². The lowest BCUT2D eigenvalue weighted by atomic mass is 10.1. The van der Waals surface area contributed by atoms with Crippen molar-refractivity contribution in [2.24, 2.45) is 0 Å². The van der Waals surface area contributed by atoms with E-state index in [1.54, 1.807) is 6.20 Å². The predicted octanol–water partition coefficient (Wildman–Crippen LogP) is 2.41. The molecule has 0 saturated carbocycles. The molecule has 0 aliphatic carbocycles. The number of hydrogen-bond donors (Lipinski definition) is 1. The van der Waals surface area contributed by atoms with Gasteiger partial charge in [0, 0.05) is 19.3 Å². The molecule has 2 rings (SSSR count). The van der Waals surface area contributed by atoms with Crippen molar-refractivity contribution in [3.63, 3.8) is 0 Å². The summed E-state index contributed by atoms with van der Waals surface area (Å²) in [5.41, 5.74) is 1.66. The van der Waals surface area contributed by atoms with Crippen LogP contribution in [0, 0.1) is 6.92 Å². The van der Waals surface area contributed by atoms with Gasteiger partial charge >= 0.3 is 6.03 Å². The lowest BCUT2D eigenvalue weighted by Gasteiger charge is -2.26. The third kappa shape index (κ3) is 2.51.